The Morgan fingerprint density at radius 1 is 1.09 bits per heavy atom. The summed E-state index contributed by atoms with van der Waals surface area (Å²) in [5.41, 5.74) is -0.855. The highest BCUT2D eigenvalue weighted by Crippen LogP contribution is 2.80. The number of Topliss-reactive ketones (excluding diaryl/α,β-unsaturated/α-hetero) is 1. The molecule has 0 amide bonds. The Bertz CT molecular complexity index is 1200. The van der Waals surface area contributed by atoms with Gasteiger partial charge in [-0.05, 0) is 35.3 Å². The lowest BCUT2D eigenvalue weighted by Crippen LogP contribution is -2.68. The quantitative estimate of drug-likeness (QED) is 0.527. The number of fused-ring (bicyclic) bond motifs is 2. The molecule has 6 heteroatoms. The fourth-order valence-corrected chi connectivity index (χ4v) is 10.4. The fourth-order valence-electron chi connectivity index (χ4n) is 7.81. The van der Waals surface area contributed by atoms with Gasteiger partial charge in [-0.15, -0.1) is 11.6 Å². The first-order chi connectivity index (χ1) is 15.2. The minimum absolute atomic E-state index is 0.109. The molecule has 166 valence electrons. The molecule has 1 heterocycles. The van der Waals surface area contributed by atoms with Gasteiger partial charge in [0.25, 0.3) is 0 Å². The first-order valence-electron chi connectivity index (χ1n) is 11.1. The zero-order valence-electron chi connectivity index (χ0n) is 18.1. The summed E-state index contributed by atoms with van der Waals surface area (Å²) in [5, 5.41) is 11.8. The average molecular weight is 468 g/mol. The molecule has 0 unspecified atom stereocenters. The van der Waals surface area contributed by atoms with Gasteiger partial charge in [-0.2, -0.15) is 0 Å². The number of hydrogen-bond acceptors (Lipinski definition) is 3. The summed E-state index contributed by atoms with van der Waals surface area (Å²) >= 11 is 7.21. The smallest absolute Gasteiger partial charge is 0.191 e. The maximum atomic E-state index is 14.2. The normalized spacial score (nSPS) is 41.1. The number of carbonyl (C=O) groups excluding carboxylic acids is 1. The number of ketones is 1. The molecule has 2 saturated carbocycles. The second-order valence-electron chi connectivity index (χ2n) is 10.3. The fraction of sp³-hybridized carbons (Fsp3) is 0.423. The van der Waals surface area contributed by atoms with Crippen molar-refractivity contribution in [2.75, 3.05) is 5.75 Å². The Kier molecular flexibility index (Phi) is 4.17. The average Bonchev–Trinajstić information content (AvgIpc) is 3.36. The Morgan fingerprint density at radius 2 is 1.72 bits per heavy atom. The van der Waals surface area contributed by atoms with E-state index in [0.717, 1.165) is 18.4 Å². The second-order valence-corrected chi connectivity index (χ2v) is 11.9. The van der Waals surface area contributed by atoms with Crippen molar-refractivity contribution in [1.29, 1.82) is 0 Å². The third kappa shape index (κ3) is 2.04. The molecule has 4 aliphatic rings. The Balaban J connectivity index is 1.72. The predicted octanol–water partition coefficient (Wildman–Crippen LogP) is 4.12. The van der Waals surface area contributed by atoms with E-state index in [0.29, 0.717) is 22.5 Å². The van der Waals surface area contributed by atoms with Crippen LogP contribution in [0.5, 0.6) is 0 Å². The molecule has 6 atom stereocenters. The second kappa shape index (κ2) is 6.41. The molecule has 0 aromatic heterocycles. The summed E-state index contributed by atoms with van der Waals surface area (Å²) in [5.74, 6) is 0.151. The zero-order chi connectivity index (χ0) is 22.5. The van der Waals surface area contributed by atoms with E-state index in [1.54, 1.807) is 12.1 Å². The molecule has 32 heavy (non-hydrogen) atoms. The van der Waals surface area contributed by atoms with Crippen LogP contribution in [0.15, 0.2) is 66.2 Å². The van der Waals surface area contributed by atoms with Gasteiger partial charge in [0.05, 0.1) is 21.9 Å². The first-order valence-corrected chi connectivity index (χ1v) is 12.9. The maximum Gasteiger partial charge on any atom is 0.191 e. The number of nitrogens with one attached hydrogen (secondary N) is 1. The van der Waals surface area contributed by atoms with E-state index < -0.39 is 32.9 Å². The van der Waals surface area contributed by atoms with Crippen molar-refractivity contribution in [3.63, 3.8) is 0 Å². The molecule has 2 N–H and O–H groups in total. The third-order valence-electron chi connectivity index (χ3n) is 9.09. The molecule has 3 aliphatic carbocycles. The molecule has 2 bridgehead atoms. The van der Waals surface area contributed by atoms with E-state index in [4.69, 9.17) is 11.6 Å². The van der Waals surface area contributed by atoms with Crippen LogP contribution in [-0.4, -0.2) is 37.4 Å². The van der Waals surface area contributed by atoms with E-state index in [1.807, 2.05) is 48.5 Å². The van der Waals surface area contributed by atoms with E-state index in [-0.39, 0.29) is 17.1 Å². The molecule has 0 radical (unpaired) electrons. The van der Waals surface area contributed by atoms with Crippen LogP contribution in [0.1, 0.15) is 42.6 Å². The van der Waals surface area contributed by atoms with E-state index in [9.17, 15) is 14.1 Å². The van der Waals surface area contributed by atoms with Gasteiger partial charge >= 0.3 is 0 Å². The minimum atomic E-state index is -1.41. The highest BCUT2D eigenvalue weighted by molar-refractivity contribution is 7.83. The number of alkyl halides is 1. The topological polar surface area (TPSA) is 66.4 Å². The number of hydrogen-bond donors (Lipinski definition) is 2. The number of halogens is 1. The summed E-state index contributed by atoms with van der Waals surface area (Å²) in [6.45, 7) is 4.31. The molecular formula is C26H26ClNO3S. The van der Waals surface area contributed by atoms with Crippen molar-refractivity contribution in [2.45, 2.75) is 43.2 Å². The van der Waals surface area contributed by atoms with Crippen LogP contribution in [-0.2, 0) is 11.0 Å². The van der Waals surface area contributed by atoms with Crippen LogP contribution >= 0.6 is 11.6 Å². The standard InChI is InChI=1S/C26H26ClNO3S/c1-23(2)18-13-14-24(23)15-32(31)28-26(24)20(21(29)17-11-7-4-8-12-17)19(22(27)25(18,26)30)16-9-5-3-6-10-16/h3-12,18,22,28,30H,13-15H2,1-2H3/t18-,22-,24-,25-,26-,32+/m0/s1. The predicted molar refractivity (Wildman–Crippen MR) is 127 cm³/mol. The molecule has 1 saturated heterocycles. The summed E-state index contributed by atoms with van der Waals surface area (Å²) in [6, 6.07) is 18.8. The minimum Gasteiger partial charge on any atom is -0.385 e. The van der Waals surface area contributed by atoms with Crippen molar-refractivity contribution in [2.24, 2.45) is 16.7 Å². The lowest BCUT2D eigenvalue weighted by atomic mass is 9.58. The summed E-state index contributed by atoms with van der Waals surface area (Å²) in [4.78, 5) is 14.2. The van der Waals surface area contributed by atoms with Gasteiger partial charge in [-0.1, -0.05) is 74.5 Å². The highest BCUT2D eigenvalue weighted by atomic mass is 35.5. The molecule has 2 spiro atoms. The third-order valence-corrected chi connectivity index (χ3v) is 10.9. The van der Waals surface area contributed by atoms with Crippen LogP contribution in [0.4, 0.5) is 0 Å². The number of benzene rings is 2. The molecule has 2 aromatic rings. The Labute approximate surface area is 195 Å². The molecule has 1 aliphatic heterocycles. The lowest BCUT2D eigenvalue weighted by molar-refractivity contribution is -0.0628. The lowest BCUT2D eigenvalue weighted by Gasteiger charge is -2.49. The van der Waals surface area contributed by atoms with Crippen molar-refractivity contribution in [3.05, 3.63) is 77.4 Å². The number of aliphatic hydroxyl groups is 1. The van der Waals surface area contributed by atoms with Gasteiger partial charge in [-0.25, -0.2) is 8.93 Å². The summed E-state index contributed by atoms with van der Waals surface area (Å²) in [6.07, 6.45) is 1.62. The van der Waals surface area contributed by atoms with Gasteiger partial charge < -0.3 is 5.11 Å². The van der Waals surface area contributed by atoms with Crippen molar-refractivity contribution in [3.8, 4) is 0 Å². The summed E-state index contributed by atoms with van der Waals surface area (Å²) in [7, 11) is -1.37. The van der Waals surface area contributed by atoms with Crippen LogP contribution in [0.25, 0.3) is 5.57 Å². The summed E-state index contributed by atoms with van der Waals surface area (Å²) < 4.78 is 16.5. The SMILES string of the molecule is CC1(C)[C@@H]2CC[C@]13C[S@@](=O)N[C@@]31C(C(=O)c3ccccc3)=C(c3ccccc3)[C@H](Cl)[C@@]21O. The van der Waals surface area contributed by atoms with E-state index >= 15 is 0 Å². The molecule has 2 aromatic carbocycles. The Morgan fingerprint density at radius 3 is 2.38 bits per heavy atom. The Hall–Kier alpha value is -1.79. The van der Waals surface area contributed by atoms with Gasteiger partial charge in [0.1, 0.15) is 5.60 Å². The van der Waals surface area contributed by atoms with E-state index in [1.165, 1.54) is 0 Å². The molecule has 6 rings (SSSR count). The highest BCUT2D eigenvalue weighted by Gasteiger charge is 2.89. The molecular weight excluding hydrogens is 442 g/mol. The number of rotatable bonds is 3. The molecule has 4 nitrogen and oxygen atoms in total. The van der Waals surface area contributed by atoms with Gasteiger partial charge in [0.15, 0.2) is 5.78 Å². The van der Waals surface area contributed by atoms with E-state index in [2.05, 4.69) is 18.6 Å². The van der Waals surface area contributed by atoms with Crippen LogP contribution < -0.4 is 4.72 Å². The van der Waals surface area contributed by atoms with Crippen LogP contribution in [0, 0.1) is 16.7 Å². The first kappa shape index (κ1) is 20.8. The van der Waals surface area contributed by atoms with Crippen LogP contribution in [0.2, 0.25) is 0 Å². The largest absolute Gasteiger partial charge is 0.385 e. The number of carbonyl (C=O) groups is 1. The van der Waals surface area contributed by atoms with Crippen LogP contribution in [0.3, 0.4) is 0 Å². The van der Waals surface area contributed by atoms with Gasteiger partial charge in [-0.3, -0.25) is 4.79 Å². The van der Waals surface area contributed by atoms with Gasteiger partial charge in [0, 0.05) is 22.3 Å². The monoisotopic (exact) mass is 467 g/mol. The van der Waals surface area contributed by atoms with Crippen molar-refractivity contribution >= 4 is 33.9 Å². The van der Waals surface area contributed by atoms with Crippen molar-refractivity contribution in [1.82, 2.24) is 4.72 Å². The maximum absolute atomic E-state index is 14.2. The van der Waals surface area contributed by atoms with Gasteiger partial charge in [0.2, 0.25) is 0 Å². The van der Waals surface area contributed by atoms with Crippen molar-refractivity contribution < 1.29 is 14.1 Å². The zero-order valence-corrected chi connectivity index (χ0v) is 19.7. The molecule has 3 fully saturated rings.